The number of aromatic nitrogens is 1. The number of hydrogen-bond donors (Lipinski definition) is 2. The lowest BCUT2D eigenvalue weighted by Crippen LogP contribution is -2.46. The second-order valence-electron chi connectivity index (χ2n) is 11.1. The fourth-order valence-electron chi connectivity index (χ4n) is 6.07. The van der Waals surface area contributed by atoms with E-state index < -0.39 is 5.79 Å². The predicted molar refractivity (Wildman–Crippen MR) is 153 cm³/mol. The number of thioether (sulfide) groups is 1. The van der Waals surface area contributed by atoms with Gasteiger partial charge in [0.15, 0.2) is 11.5 Å². The molecule has 1 saturated carbocycles. The molecule has 10 heteroatoms. The van der Waals surface area contributed by atoms with Crippen LogP contribution in [0.4, 0.5) is 0 Å². The number of halogens is 1. The number of morpholine rings is 1. The molecule has 1 aromatic heterocycles. The highest BCUT2D eigenvalue weighted by Crippen LogP contribution is 2.52. The minimum atomic E-state index is -0.821. The van der Waals surface area contributed by atoms with Gasteiger partial charge in [-0.05, 0) is 63.8 Å². The SMILES string of the molecule is CSc1cc(C)[nH]c(=O)c1CNC(=O)c1cc(Cl)c2c(c1C)O[C@@](C)([C@H]1CC[C@@H](CN3CCOCC3)CC1)O2. The highest BCUT2D eigenvalue weighted by molar-refractivity contribution is 7.98. The molecule has 3 heterocycles. The summed E-state index contributed by atoms with van der Waals surface area (Å²) in [5.74, 6) is 0.812. The Labute approximate surface area is 239 Å². The third-order valence-electron chi connectivity index (χ3n) is 8.38. The number of benzene rings is 1. The summed E-state index contributed by atoms with van der Waals surface area (Å²) in [5.41, 5.74) is 2.21. The first-order valence-electron chi connectivity index (χ1n) is 13.7. The lowest BCUT2D eigenvalue weighted by atomic mass is 9.78. The first-order valence-corrected chi connectivity index (χ1v) is 15.3. The summed E-state index contributed by atoms with van der Waals surface area (Å²) in [5, 5.41) is 3.24. The predicted octanol–water partition coefficient (Wildman–Crippen LogP) is 4.92. The Hall–Kier alpha value is -2.20. The molecule has 1 amide bonds. The van der Waals surface area contributed by atoms with Gasteiger partial charge in [0.25, 0.3) is 17.3 Å². The Morgan fingerprint density at radius 1 is 1.15 bits per heavy atom. The second kappa shape index (κ2) is 11.7. The lowest BCUT2D eigenvalue weighted by molar-refractivity contribution is -0.123. The first kappa shape index (κ1) is 28.3. The van der Waals surface area contributed by atoms with Crippen LogP contribution in [0, 0.1) is 25.7 Å². The van der Waals surface area contributed by atoms with Gasteiger partial charge in [0.2, 0.25) is 0 Å². The second-order valence-corrected chi connectivity index (χ2v) is 12.3. The van der Waals surface area contributed by atoms with E-state index >= 15 is 0 Å². The quantitative estimate of drug-likeness (QED) is 0.453. The number of carbonyl (C=O) groups is 1. The number of H-pyrrole nitrogens is 1. The van der Waals surface area contributed by atoms with Crippen LogP contribution in [0.25, 0.3) is 0 Å². The Balaban J connectivity index is 1.25. The van der Waals surface area contributed by atoms with Gasteiger partial charge in [0.05, 0.1) is 18.2 Å². The van der Waals surface area contributed by atoms with Gasteiger partial charge in [0, 0.05) is 66.3 Å². The van der Waals surface area contributed by atoms with Crippen molar-refractivity contribution in [1.82, 2.24) is 15.2 Å². The lowest BCUT2D eigenvalue weighted by Gasteiger charge is -2.39. The van der Waals surface area contributed by atoms with Crippen LogP contribution in [0.2, 0.25) is 5.02 Å². The van der Waals surface area contributed by atoms with E-state index in [0.717, 1.165) is 69.1 Å². The monoisotopic (exact) mass is 575 g/mol. The smallest absolute Gasteiger partial charge is 0.254 e. The van der Waals surface area contributed by atoms with Crippen LogP contribution in [0.1, 0.15) is 59.8 Å². The molecule has 0 unspecified atom stereocenters. The molecule has 0 bridgehead atoms. The van der Waals surface area contributed by atoms with Crippen LogP contribution in [0.5, 0.6) is 11.5 Å². The number of rotatable bonds is 7. The van der Waals surface area contributed by atoms with Gasteiger partial charge in [-0.3, -0.25) is 14.5 Å². The summed E-state index contributed by atoms with van der Waals surface area (Å²) >= 11 is 8.12. The summed E-state index contributed by atoms with van der Waals surface area (Å²) in [6.45, 7) is 10.6. The molecule has 1 aromatic carbocycles. The van der Waals surface area contributed by atoms with Gasteiger partial charge in [-0.1, -0.05) is 11.6 Å². The molecule has 0 radical (unpaired) electrons. The van der Waals surface area contributed by atoms with Gasteiger partial charge in [-0.2, -0.15) is 0 Å². The minimum Gasteiger partial charge on any atom is -0.448 e. The van der Waals surface area contributed by atoms with Crippen molar-refractivity contribution in [3.63, 3.8) is 0 Å². The van der Waals surface area contributed by atoms with Crippen LogP contribution < -0.4 is 20.3 Å². The largest absolute Gasteiger partial charge is 0.448 e. The van der Waals surface area contributed by atoms with E-state index in [1.807, 2.05) is 33.1 Å². The number of ether oxygens (including phenoxy) is 3. The normalized spacial score (nSPS) is 25.1. The highest BCUT2D eigenvalue weighted by Gasteiger charge is 2.47. The Bertz CT molecular complexity index is 1290. The first-order chi connectivity index (χ1) is 18.7. The minimum absolute atomic E-state index is 0.113. The molecular formula is C29H38ClN3O5S. The van der Waals surface area contributed by atoms with Crippen molar-refractivity contribution in [2.45, 2.75) is 63.7 Å². The molecular weight excluding hydrogens is 538 g/mol. The van der Waals surface area contributed by atoms with Crippen LogP contribution in [-0.2, 0) is 11.3 Å². The van der Waals surface area contributed by atoms with Crippen molar-refractivity contribution >= 4 is 29.3 Å². The summed E-state index contributed by atoms with van der Waals surface area (Å²) in [4.78, 5) is 31.9. The van der Waals surface area contributed by atoms with E-state index in [1.165, 1.54) is 11.8 Å². The Morgan fingerprint density at radius 3 is 2.54 bits per heavy atom. The topological polar surface area (TPSA) is 92.9 Å². The zero-order valence-electron chi connectivity index (χ0n) is 23.2. The Morgan fingerprint density at radius 2 is 1.85 bits per heavy atom. The summed E-state index contributed by atoms with van der Waals surface area (Å²) in [6, 6.07) is 3.54. The van der Waals surface area contributed by atoms with Crippen LogP contribution >= 0.6 is 23.4 Å². The van der Waals surface area contributed by atoms with Gasteiger partial charge >= 0.3 is 0 Å². The fourth-order valence-corrected chi connectivity index (χ4v) is 7.01. The van der Waals surface area contributed by atoms with E-state index in [2.05, 4.69) is 15.2 Å². The number of carbonyl (C=O) groups excluding carboxylic acids is 1. The van der Waals surface area contributed by atoms with Crippen molar-refractivity contribution in [3.05, 3.63) is 49.9 Å². The van der Waals surface area contributed by atoms with Crippen molar-refractivity contribution in [2.75, 3.05) is 39.1 Å². The molecule has 39 heavy (non-hydrogen) atoms. The maximum absolute atomic E-state index is 13.2. The van der Waals surface area contributed by atoms with E-state index in [4.69, 9.17) is 25.8 Å². The molecule has 5 rings (SSSR count). The number of fused-ring (bicyclic) bond motifs is 1. The van der Waals surface area contributed by atoms with Crippen molar-refractivity contribution in [3.8, 4) is 11.5 Å². The third kappa shape index (κ3) is 5.97. The fraction of sp³-hybridized carbons (Fsp3) is 0.586. The van der Waals surface area contributed by atoms with Crippen molar-refractivity contribution < 1.29 is 19.0 Å². The average Bonchev–Trinajstić information content (AvgIpc) is 3.30. The summed E-state index contributed by atoms with van der Waals surface area (Å²) < 4.78 is 18.4. The molecule has 2 aliphatic heterocycles. The summed E-state index contributed by atoms with van der Waals surface area (Å²) in [6.07, 6.45) is 6.22. The maximum Gasteiger partial charge on any atom is 0.254 e. The van der Waals surface area contributed by atoms with Crippen molar-refractivity contribution in [2.24, 2.45) is 11.8 Å². The van der Waals surface area contributed by atoms with Crippen LogP contribution in [-0.4, -0.2) is 60.7 Å². The van der Waals surface area contributed by atoms with Crippen molar-refractivity contribution in [1.29, 1.82) is 0 Å². The van der Waals surface area contributed by atoms with E-state index in [-0.39, 0.29) is 23.9 Å². The molecule has 1 atom stereocenters. The number of amides is 1. The number of aromatic amines is 1. The van der Waals surface area contributed by atoms with Gasteiger partial charge in [-0.25, -0.2) is 0 Å². The molecule has 212 valence electrons. The van der Waals surface area contributed by atoms with E-state index in [1.54, 1.807) is 6.07 Å². The zero-order chi connectivity index (χ0) is 27.7. The zero-order valence-corrected chi connectivity index (χ0v) is 24.7. The molecule has 2 aromatic rings. The molecule has 3 aliphatic rings. The van der Waals surface area contributed by atoms with Gasteiger partial charge in [-0.15, -0.1) is 11.8 Å². The van der Waals surface area contributed by atoms with Crippen LogP contribution in [0.15, 0.2) is 21.8 Å². The molecule has 2 N–H and O–H groups in total. The molecule has 0 spiro atoms. The average molecular weight is 576 g/mol. The number of nitrogens with zero attached hydrogens (tertiary/aromatic N) is 1. The molecule has 1 saturated heterocycles. The maximum atomic E-state index is 13.2. The molecule has 1 aliphatic carbocycles. The number of hydrogen-bond acceptors (Lipinski definition) is 7. The number of nitrogens with one attached hydrogen (secondary N) is 2. The summed E-state index contributed by atoms with van der Waals surface area (Å²) in [7, 11) is 0. The highest BCUT2D eigenvalue weighted by atomic mass is 35.5. The molecule has 2 fully saturated rings. The van der Waals surface area contributed by atoms with Gasteiger partial charge < -0.3 is 24.5 Å². The van der Waals surface area contributed by atoms with E-state index in [9.17, 15) is 9.59 Å². The van der Waals surface area contributed by atoms with Gasteiger partial charge in [0.1, 0.15) is 0 Å². The number of aryl methyl sites for hydroxylation is 1. The van der Waals surface area contributed by atoms with Crippen LogP contribution in [0.3, 0.4) is 0 Å². The standard InChI is InChI=1S/C29H38ClN3O5S/c1-17-13-24(39-4)22(28(35)32-17)15-31-27(34)21-14-23(30)26-25(18(21)2)37-29(3,38-26)20-7-5-19(6-8-20)16-33-9-11-36-12-10-33/h13-14,19-20H,5-12,15-16H2,1-4H3,(H,31,34)(H,32,35)/t19-,20+,29-/m1/s1. The third-order valence-corrected chi connectivity index (χ3v) is 9.46. The Kier molecular flexibility index (Phi) is 8.52. The number of pyridine rings is 1. The van der Waals surface area contributed by atoms with E-state index in [0.29, 0.717) is 39.1 Å². The molecule has 8 nitrogen and oxygen atoms in total.